The Morgan fingerprint density at radius 1 is 0.939 bits per heavy atom. The third kappa shape index (κ3) is 4.95. The molecule has 0 spiro atoms. The summed E-state index contributed by atoms with van der Waals surface area (Å²) in [6.07, 6.45) is 2.75. The normalized spacial score (nSPS) is 14.4. The standard InChI is InChI=1S/C25H22FN3O3S/c26-24-13-8-20(16-23(24)19-6-4-18(17-27)5-7-19)25(30)28-21-9-11-22(12-10-21)33(31,32)29-14-2-1-3-15-29/h4-13,16H,1-3,14-15H2,(H,28,30). The van der Waals surface area contributed by atoms with Crippen LogP contribution in [-0.4, -0.2) is 31.7 Å². The van der Waals surface area contributed by atoms with Crippen molar-refractivity contribution in [2.24, 2.45) is 0 Å². The summed E-state index contributed by atoms with van der Waals surface area (Å²) in [7, 11) is -3.55. The largest absolute Gasteiger partial charge is 0.322 e. The summed E-state index contributed by atoms with van der Waals surface area (Å²) in [5, 5.41) is 11.6. The van der Waals surface area contributed by atoms with Gasteiger partial charge in [0.05, 0.1) is 16.5 Å². The Bertz CT molecular complexity index is 1310. The van der Waals surface area contributed by atoms with E-state index < -0.39 is 21.7 Å². The zero-order valence-corrected chi connectivity index (χ0v) is 18.6. The van der Waals surface area contributed by atoms with Gasteiger partial charge in [-0.15, -0.1) is 0 Å². The van der Waals surface area contributed by atoms with E-state index in [0.717, 1.165) is 19.3 Å². The predicted octanol–water partition coefficient (Wildman–Crippen LogP) is 4.79. The highest BCUT2D eigenvalue weighted by Gasteiger charge is 2.25. The second-order valence-corrected chi connectivity index (χ2v) is 9.76. The van der Waals surface area contributed by atoms with Gasteiger partial charge in [0.1, 0.15) is 5.82 Å². The van der Waals surface area contributed by atoms with Crippen molar-refractivity contribution in [2.75, 3.05) is 18.4 Å². The van der Waals surface area contributed by atoms with Crippen LogP contribution in [0, 0.1) is 17.1 Å². The van der Waals surface area contributed by atoms with Gasteiger partial charge in [-0.25, -0.2) is 12.8 Å². The number of piperidine rings is 1. The molecule has 1 saturated heterocycles. The molecule has 4 rings (SSSR count). The van der Waals surface area contributed by atoms with Gasteiger partial charge >= 0.3 is 0 Å². The van der Waals surface area contributed by atoms with Crippen LogP contribution in [0.3, 0.4) is 0 Å². The number of anilines is 1. The molecule has 0 saturated carbocycles. The minimum Gasteiger partial charge on any atom is -0.322 e. The number of sulfonamides is 1. The molecule has 0 radical (unpaired) electrons. The first-order valence-electron chi connectivity index (χ1n) is 10.6. The summed E-state index contributed by atoms with van der Waals surface area (Å²) in [4.78, 5) is 12.9. The van der Waals surface area contributed by atoms with Crippen molar-refractivity contribution in [1.82, 2.24) is 4.31 Å². The lowest BCUT2D eigenvalue weighted by Crippen LogP contribution is -2.35. The van der Waals surface area contributed by atoms with Crippen molar-refractivity contribution in [1.29, 1.82) is 5.26 Å². The van der Waals surface area contributed by atoms with E-state index in [0.29, 0.717) is 29.9 Å². The van der Waals surface area contributed by atoms with E-state index in [-0.39, 0.29) is 16.0 Å². The molecule has 6 nitrogen and oxygen atoms in total. The van der Waals surface area contributed by atoms with Gasteiger partial charge in [-0.1, -0.05) is 18.6 Å². The molecule has 168 valence electrons. The number of nitriles is 1. The minimum atomic E-state index is -3.55. The molecule has 1 N–H and O–H groups in total. The van der Waals surface area contributed by atoms with Gasteiger partial charge in [0.2, 0.25) is 10.0 Å². The van der Waals surface area contributed by atoms with Crippen molar-refractivity contribution in [2.45, 2.75) is 24.2 Å². The number of halogens is 1. The summed E-state index contributed by atoms with van der Waals surface area (Å²) in [5.41, 5.74) is 1.94. The fraction of sp³-hybridized carbons (Fsp3) is 0.200. The average molecular weight is 464 g/mol. The number of carbonyl (C=O) groups excluding carboxylic acids is 1. The third-order valence-corrected chi connectivity index (χ3v) is 7.53. The first-order valence-corrected chi connectivity index (χ1v) is 12.0. The van der Waals surface area contributed by atoms with E-state index in [1.54, 1.807) is 36.4 Å². The number of hydrogen-bond acceptors (Lipinski definition) is 4. The van der Waals surface area contributed by atoms with Crippen molar-refractivity contribution < 1.29 is 17.6 Å². The van der Waals surface area contributed by atoms with Crippen LogP contribution in [0.15, 0.2) is 71.6 Å². The Morgan fingerprint density at radius 3 is 2.24 bits per heavy atom. The van der Waals surface area contributed by atoms with Gasteiger partial charge in [-0.3, -0.25) is 4.79 Å². The van der Waals surface area contributed by atoms with E-state index in [1.165, 1.54) is 34.6 Å². The molecule has 0 atom stereocenters. The fourth-order valence-corrected chi connectivity index (χ4v) is 5.30. The van der Waals surface area contributed by atoms with Gasteiger partial charge in [-0.05, 0) is 73.0 Å². The number of hydrogen-bond donors (Lipinski definition) is 1. The van der Waals surface area contributed by atoms with Crippen molar-refractivity contribution in [3.63, 3.8) is 0 Å². The van der Waals surface area contributed by atoms with Crippen LogP contribution < -0.4 is 5.32 Å². The number of amides is 1. The zero-order chi connectivity index (χ0) is 23.4. The Morgan fingerprint density at radius 2 is 1.61 bits per heavy atom. The summed E-state index contributed by atoms with van der Waals surface area (Å²) in [6, 6.07) is 18.5. The van der Waals surface area contributed by atoms with E-state index in [1.807, 2.05) is 6.07 Å². The molecule has 1 amide bonds. The maximum absolute atomic E-state index is 14.4. The molecule has 33 heavy (non-hydrogen) atoms. The summed E-state index contributed by atoms with van der Waals surface area (Å²) in [5.74, 6) is -0.930. The molecule has 8 heteroatoms. The Kier molecular flexibility index (Phi) is 6.54. The Labute approximate surface area is 192 Å². The van der Waals surface area contributed by atoms with Crippen LogP contribution in [-0.2, 0) is 10.0 Å². The van der Waals surface area contributed by atoms with Gasteiger partial charge in [0.15, 0.2) is 0 Å². The van der Waals surface area contributed by atoms with Crippen LogP contribution >= 0.6 is 0 Å². The molecule has 0 bridgehead atoms. The number of rotatable bonds is 5. The first-order chi connectivity index (χ1) is 15.9. The van der Waals surface area contributed by atoms with Gasteiger partial charge in [-0.2, -0.15) is 9.57 Å². The van der Waals surface area contributed by atoms with Crippen LogP contribution in [0.1, 0.15) is 35.2 Å². The average Bonchev–Trinajstić information content (AvgIpc) is 2.85. The second-order valence-electron chi connectivity index (χ2n) is 7.83. The lowest BCUT2D eigenvalue weighted by atomic mass is 10.0. The zero-order valence-electron chi connectivity index (χ0n) is 17.8. The molecular weight excluding hydrogens is 441 g/mol. The van der Waals surface area contributed by atoms with E-state index in [2.05, 4.69) is 5.32 Å². The highest BCUT2D eigenvalue weighted by Crippen LogP contribution is 2.26. The lowest BCUT2D eigenvalue weighted by molar-refractivity contribution is 0.102. The van der Waals surface area contributed by atoms with Crippen molar-refractivity contribution in [3.8, 4) is 17.2 Å². The molecule has 0 unspecified atom stereocenters. The monoisotopic (exact) mass is 463 g/mol. The van der Waals surface area contributed by atoms with Gasteiger partial charge < -0.3 is 5.32 Å². The van der Waals surface area contributed by atoms with Crippen molar-refractivity contribution in [3.05, 3.63) is 83.7 Å². The molecule has 3 aromatic rings. The lowest BCUT2D eigenvalue weighted by Gasteiger charge is -2.25. The topological polar surface area (TPSA) is 90.3 Å². The third-order valence-electron chi connectivity index (χ3n) is 5.62. The van der Waals surface area contributed by atoms with Gasteiger partial charge in [0.25, 0.3) is 5.91 Å². The Hall–Kier alpha value is -3.54. The first kappa shape index (κ1) is 22.6. The maximum atomic E-state index is 14.4. The molecular formula is C25H22FN3O3S. The van der Waals surface area contributed by atoms with E-state index in [4.69, 9.17) is 5.26 Å². The quantitative estimate of drug-likeness (QED) is 0.589. The van der Waals surface area contributed by atoms with Crippen molar-refractivity contribution >= 4 is 21.6 Å². The molecule has 1 aliphatic rings. The summed E-state index contributed by atoms with van der Waals surface area (Å²) < 4.78 is 41.4. The molecule has 0 aromatic heterocycles. The van der Waals surface area contributed by atoms with Crippen LogP contribution in [0.25, 0.3) is 11.1 Å². The summed E-state index contributed by atoms with van der Waals surface area (Å²) >= 11 is 0. The van der Waals surface area contributed by atoms with Crippen LogP contribution in [0.2, 0.25) is 0 Å². The van der Waals surface area contributed by atoms with E-state index in [9.17, 15) is 17.6 Å². The second kappa shape index (κ2) is 9.53. The SMILES string of the molecule is N#Cc1ccc(-c2cc(C(=O)Nc3ccc(S(=O)(=O)N4CCCCC4)cc3)ccc2F)cc1. The number of nitrogens with one attached hydrogen (secondary N) is 1. The molecule has 1 heterocycles. The van der Waals surface area contributed by atoms with Gasteiger partial charge in [0, 0.05) is 29.9 Å². The predicted molar refractivity (Wildman–Crippen MR) is 124 cm³/mol. The minimum absolute atomic E-state index is 0.187. The molecule has 0 aliphatic carbocycles. The molecule has 1 aliphatic heterocycles. The number of carbonyl (C=O) groups is 1. The van der Waals surface area contributed by atoms with Crippen LogP contribution in [0.4, 0.5) is 10.1 Å². The Balaban J connectivity index is 1.51. The number of benzene rings is 3. The highest BCUT2D eigenvalue weighted by atomic mass is 32.2. The summed E-state index contributed by atoms with van der Waals surface area (Å²) in [6.45, 7) is 1.04. The highest BCUT2D eigenvalue weighted by molar-refractivity contribution is 7.89. The number of nitrogens with zero attached hydrogens (tertiary/aromatic N) is 2. The smallest absolute Gasteiger partial charge is 0.255 e. The fourth-order valence-electron chi connectivity index (χ4n) is 3.78. The maximum Gasteiger partial charge on any atom is 0.255 e. The molecule has 1 fully saturated rings. The molecule has 3 aromatic carbocycles. The van der Waals surface area contributed by atoms with Crippen LogP contribution in [0.5, 0.6) is 0 Å². The van der Waals surface area contributed by atoms with E-state index >= 15 is 0 Å².